The van der Waals surface area contributed by atoms with Gasteiger partial charge in [-0.25, -0.2) is 0 Å². The summed E-state index contributed by atoms with van der Waals surface area (Å²) in [6.45, 7) is 9.28. The molecule has 0 bridgehead atoms. The minimum Gasteiger partial charge on any atom is -0.481 e. The highest BCUT2D eigenvalue weighted by Crippen LogP contribution is 2.26. The van der Waals surface area contributed by atoms with E-state index in [0.29, 0.717) is 5.75 Å². The van der Waals surface area contributed by atoms with Gasteiger partial charge >= 0.3 is 5.97 Å². The molecule has 0 heterocycles. The summed E-state index contributed by atoms with van der Waals surface area (Å²) in [6.07, 6.45) is -0.762. The van der Waals surface area contributed by atoms with Crippen molar-refractivity contribution in [2.45, 2.75) is 52.2 Å². The molecule has 0 spiro atoms. The van der Waals surface area contributed by atoms with Gasteiger partial charge in [0, 0.05) is 0 Å². The maximum absolute atomic E-state index is 11.8. The number of nitrogens with one attached hydrogen (secondary N) is 1. The first-order valence-electron chi connectivity index (χ1n) is 6.91. The number of amides is 1. The highest BCUT2D eigenvalue weighted by atomic mass is 16.5. The molecule has 1 amide bonds. The second-order valence-corrected chi connectivity index (χ2v) is 6.11. The maximum atomic E-state index is 11.8. The zero-order valence-electron chi connectivity index (χ0n) is 13.1. The van der Waals surface area contributed by atoms with E-state index in [1.807, 2.05) is 18.2 Å². The first-order chi connectivity index (χ1) is 9.61. The number of ether oxygens (including phenoxy) is 1. The predicted molar refractivity (Wildman–Crippen MR) is 80.5 cm³/mol. The molecule has 5 heteroatoms. The summed E-state index contributed by atoms with van der Waals surface area (Å²) >= 11 is 0. The molecule has 1 rings (SSSR count). The molecule has 0 aliphatic rings. The third-order valence-electron chi connectivity index (χ3n) is 3.11. The highest BCUT2D eigenvalue weighted by molar-refractivity contribution is 5.86. The first kappa shape index (κ1) is 17.0. The number of carboxylic acid groups (broad SMARTS) is 1. The van der Waals surface area contributed by atoms with Crippen LogP contribution in [0.1, 0.15) is 40.2 Å². The Hall–Kier alpha value is -2.04. The van der Waals surface area contributed by atoms with Crippen molar-refractivity contribution in [3.63, 3.8) is 0 Å². The smallest absolute Gasteiger partial charge is 0.325 e. The van der Waals surface area contributed by atoms with E-state index in [-0.39, 0.29) is 5.41 Å². The largest absolute Gasteiger partial charge is 0.481 e. The van der Waals surface area contributed by atoms with Crippen molar-refractivity contribution >= 4 is 11.9 Å². The Morgan fingerprint density at radius 3 is 2.38 bits per heavy atom. The molecule has 21 heavy (non-hydrogen) atoms. The van der Waals surface area contributed by atoms with Gasteiger partial charge < -0.3 is 15.2 Å². The normalized spacial score (nSPS) is 14.1. The Morgan fingerprint density at radius 2 is 1.86 bits per heavy atom. The topological polar surface area (TPSA) is 75.6 Å². The summed E-state index contributed by atoms with van der Waals surface area (Å²) in [5.41, 5.74) is 1.09. The van der Waals surface area contributed by atoms with Gasteiger partial charge in [0.25, 0.3) is 5.91 Å². The zero-order chi connectivity index (χ0) is 16.2. The fourth-order valence-corrected chi connectivity index (χ4v) is 1.69. The van der Waals surface area contributed by atoms with Crippen LogP contribution < -0.4 is 10.1 Å². The van der Waals surface area contributed by atoms with Crippen molar-refractivity contribution in [1.82, 2.24) is 5.32 Å². The van der Waals surface area contributed by atoms with E-state index in [0.717, 1.165) is 5.56 Å². The summed E-state index contributed by atoms with van der Waals surface area (Å²) in [5, 5.41) is 11.2. The van der Waals surface area contributed by atoms with Crippen molar-refractivity contribution in [1.29, 1.82) is 0 Å². The number of carboxylic acids is 1. The Labute approximate surface area is 125 Å². The molecule has 2 atom stereocenters. The van der Waals surface area contributed by atoms with Crippen LogP contribution in [0.3, 0.4) is 0 Å². The minimum absolute atomic E-state index is 0.0112. The Morgan fingerprint density at radius 1 is 1.24 bits per heavy atom. The number of rotatable bonds is 5. The van der Waals surface area contributed by atoms with Crippen LogP contribution in [-0.2, 0) is 15.0 Å². The molecule has 0 saturated carbocycles. The molecule has 0 aliphatic carbocycles. The van der Waals surface area contributed by atoms with Crippen LogP contribution in [0.2, 0.25) is 0 Å². The lowest BCUT2D eigenvalue weighted by atomic mass is 9.87. The average Bonchev–Trinajstić information content (AvgIpc) is 2.37. The maximum Gasteiger partial charge on any atom is 0.325 e. The van der Waals surface area contributed by atoms with Crippen LogP contribution >= 0.6 is 0 Å². The van der Waals surface area contributed by atoms with Crippen LogP contribution in [0.4, 0.5) is 0 Å². The van der Waals surface area contributed by atoms with Crippen LogP contribution in [0.15, 0.2) is 24.3 Å². The fourth-order valence-electron chi connectivity index (χ4n) is 1.69. The zero-order valence-corrected chi connectivity index (χ0v) is 13.1. The van der Waals surface area contributed by atoms with Gasteiger partial charge in [-0.2, -0.15) is 0 Å². The third-order valence-corrected chi connectivity index (χ3v) is 3.11. The number of carbonyl (C=O) groups is 2. The molecule has 0 aliphatic heterocycles. The monoisotopic (exact) mass is 293 g/mol. The fraction of sp³-hybridized carbons (Fsp3) is 0.500. The van der Waals surface area contributed by atoms with Crippen molar-refractivity contribution in [3.8, 4) is 5.75 Å². The minimum atomic E-state index is -1.08. The lowest BCUT2D eigenvalue weighted by Crippen LogP contribution is -2.44. The number of hydrogen-bond acceptors (Lipinski definition) is 3. The van der Waals surface area contributed by atoms with Gasteiger partial charge in [0.15, 0.2) is 6.10 Å². The third kappa shape index (κ3) is 5.10. The van der Waals surface area contributed by atoms with Gasteiger partial charge in [-0.15, -0.1) is 0 Å². The SMILES string of the molecule is CC(NC(=O)C(C)Oc1cccc(C(C)(C)C)c1)C(=O)O. The quantitative estimate of drug-likeness (QED) is 0.873. The molecule has 116 valence electrons. The van der Waals surface area contributed by atoms with Crippen molar-refractivity contribution in [3.05, 3.63) is 29.8 Å². The average molecular weight is 293 g/mol. The summed E-state index contributed by atoms with van der Waals surface area (Å²) < 4.78 is 5.59. The summed E-state index contributed by atoms with van der Waals surface area (Å²) in [7, 11) is 0. The standard InChI is InChI=1S/C16H23NO4/c1-10(15(19)20)17-14(18)11(2)21-13-8-6-7-12(9-13)16(3,4)5/h6-11H,1-5H3,(H,17,18)(H,19,20). The molecule has 0 fully saturated rings. The van der Waals surface area contributed by atoms with Gasteiger partial charge in [-0.05, 0) is 37.0 Å². The molecule has 0 radical (unpaired) electrons. The molecule has 2 N–H and O–H groups in total. The molecule has 1 aromatic carbocycles. The van der Waals surface area contributed by atoms with Crippen LogP contribution in [0.25, 0.3) is 0 Å². The van der Waals surface area contributed by atoms with E-state index < -0.39 is 24.0 Å². The van der Waals surface area contributed by atoms with Gasteiger partial charge in [-0.3, -0.25) is 9.59 Å². The second kappa shape index (κ2) is 6.61. The summed E-state index contributed by atoms with van der Waals surface area (Å²) in [4.78, 5) is 22.6. The number of carbonyl (C=O) groups excluding carboxylic acids is 1. The van der Waals surface area contributed by atoms with Crippen molar-refractivity contribution in [2.75, 3.05) is 0 Å². The van der Waals surface area contributed by atoms with Gasteiger partial charge in [0.2, 0.25) is 0 Å². The van der Waals surface area contributed by atoms with E-state index in [2.05, 4.69) is 26.1 Å². The van der Waals surface area contributed by atoms with Crippen molar-refractivity contribution in [2.24, 2.45) is 0 Å². The van der Waals surface area contributed by atoms with Crippen LogP contribution in [0.5, 0.6) is 5.75 Å². The van der Waals surface area contributed by atoms with Gasteiger partial charge in [-0.1, -0.05) is 32.9 Å². The molecule has 2 unspecified atom stereocenters. The number of hydrogen-bond donors (Lipinski definition) is 2. The van der Waals surface area contributed by atoms with E-state index in [9.17, 15) is 9.59 Å². The molecule has 1 aromatic rings. The Kier molecular flexibility index (Phi) is 5.35. The van der Waals surface area contributed by atoms with E-state index in [1.165, 1.54) is 6.92 Å². The van der Waals surface area contributed by atoms with E-state index in [1.54, 1.807) is 13.0 Å². The lowest BCUT2D eigenvalue weighted by Gasteiger charge is -2.21. The van der Waals surface area contributed by atoms with E-state index in [4.69, 9.17) is 9.84 Å². The molecular weight excluding hydrogens is 270 g/mol. The molecule has 5 nitrogen and oxygen atoms in total. The number of benzene rings is 1. The van der Waals surface area contributed by atoms with Gasteiger partial charge in [0.1, 0.15) is 11.8 Å². The Bertz CT molecular complexity index is 519. The lowest BCUT2D eigenvalue weighted by molar-refractivity contribution is -0.142. The van der Waals surface area contributed by atoms with Gasteiger partial charge in [0.05, 0.1) is 0 Å². The van der Waals surface area contributed by atoms with Crippen LogP contribution in [0, 0.1) is 0 Å². The predicted octanol–water partition coefficient (Wildman–Crippen LogP) is 2.34. The summed E-state index contributed by atoms with van der Waals surface area (Å²) in [5.74, 6) is -0.940. The van der Waals surface area contributed by atoms with E-state index >= 15 is 0 Å². The molecule has 0 saturated heterocycles. The molecular formula is C16H23NO4. The summed E-state index contributed by atoms with van der Waals surface area (Å²) in [6, 6.07) is 6.61. The highest BCUT2D eigenvalue weighted by Gasteiger charge is 2.21. The van der Waals surface area contributed by atoms with Crippen LogP contribution in [-0.4, -0.2) is 29.1 Å². The molecule has 0 aromatic heterocycles. The first-order valence-corrected chi connectivity index (χ1v) is 6.91. The second-order valence-electron chi connectivity index (χ2n) is 6.11. The number of aliphatic carboxylic acids is 1. The Balaban J connectivity index is 2.73. The van der Waals surface area contributed by atoms with Crippen molar-refractivity contribution < 1.29 is 19.4 Å².